The molecule has 0 N–H and O–H groups in total. The van der Waals surface area contributed by atoms with E-state index in [1.54, 1.807) is 19.2 Å². The van der Waals surface area contributed by atoms with Gasteiger partial charge < -0.3 is 9.30 Å². The number of nitrogens with zero attached hydrogens (tertiary/aromatic N) is 2. The zero-order chi connectivity index (χ0) is 20.8. The molecule has 0 radical (unpaired) electrons. The number of esters is 1. The third-order valence-corrected chi connectivity index (χ3v) is 4.47. The molecule has 29 heavy (non-hydrogen) atoms. The van der Waals surface area contributed by atoms with Crippen molar-refractivity contribution in [1.29, 1.82) is 0 Å². The maximum Gasteiger partial charge on any atom is 0.302 e. The van der Waals surface area contributed by atoms with E-state index in [1.165, 1.54) is 16.1 Å². The van der Waals surface area contributed by atoms with Gasteiger partial charge in [-0.3, -0.25) is 19.0 Å². The normalized spacial score (nSPS) is 12.2. The van der Waals surface area contributed by atoms with Crippen molar-refractivity contribution in [3.8, 4) is 0 Å². The van der Waals surface area contributed by atoms with Crippen molar-refractivity contribution >= 4 is 18.1 Å². The summed E-state index contributed by atoms with van der Waals surface area (Å²) < 4.78 is 7.72. The fourth-order valence-electron chi connectivity index (χ4n) is 3.00. The molecule has 0 bridgehead atoms. The van der Waals surface area contributed by atoms with Gasteiger partial charge in [-0.15, -0.1) is 0 Å². The first-order chi connectivity index (χ1) is 14.0. The van der Waals surface area contributed by atoms with Crippen LogP contribution in [-0.4, -0.2) is 21.7 Å². The number of aromatic nitrogens is 2. The molecule has 6 nitrogen and oxygen atoms in total. The van der Waals surface area contributed by atoms with Crippen molar-refractivity contribution in [2.24, 2.45) is 7.05 Å². The molecule has 0 spiro atoms. The lowest BCUT2D eigenvalue weighted by atomic mass is 10.2. The Morgan fingerprint density at radius 3 is 1.90 bits per heavy atom. The van der Waals surface area contributed by atoms with Crippen molar-refractivity contribution in [2.45, 2.75) is 13.5 Å². The number of carbonyl (C=O) groups excluding carboxylic acids is 1. The lowest BCUT2D eigenvalue weighted by Crippen LogP contribution is -2.57. The summed E-state index contributed by atoms with van der Waals surface area (Å²) in [4.78, 5) is 37.5. The first-order valence-corrected chi connectivity index (χ1v) is 9.24. The van der Waals surface area contributed by atoms with Crippen molar-refractivity contribution in [2.75, 3.05) is 6.61 Å². The molecule has 0 atom stereocenters. The summed E-state index contributed by atoms with van der Waals surface area (Å²) in [5.74, 6) is -0.438. The SMILES string of the molecule is CC(=O)OCCn1c(=O)/c(=C/c2ccccc2)n(C)c(=O)/c1=C/c1ccccc1. The maximum atomic E-state index is 13.2. The van der Waals surface area contributed by atoms with Gasteiger partial charge in [-0.25, -0.2) is 0 Å². The summed E-state index contributed by atoms with van der Waals surface area (Å²) in [5.41, 5.74) is 0.972. The molecular formula is C23H22N2O4. The van der Waals surface area contributed by atoms with Gasteiger partial charge in [-0.05, 0) is 23.3 Å². The summed E-state index contributed by atoms with van der Waals surface area (Å²) in [6, 6.07) is 18.6. The molecule has 0 amide bonds. The minimum Gasteiger partial charge on any atom is -0.464 e. The molecule has 3 rings (SSSR count). The summed E-state index contributed by atoms with van der Waals surface area (Å²) >= 11 is 0. The van der Waals surface area contributed by atoms with E-state index in [2.05, 4.69) is 0 Å². The molecule has 0 fully saturated rings. The van der Waals surface area contributed by atoms with E-state index in [9.17, 15) is 14.4 Å². The van der Waals surface area contributed by atoms with Crippen LogP contribution in [0.4, 0.5) is 0 Å². The molecule has 0 saturated heterocycles. The summed E-state index contributed by atoms with van der Waals surface area (Å²) in [6.45, 7) is 1.39. The first-order valence-electron chi connectivity index (χ1n) is 9.24. The zero-order valence-electron chi connectivity index (χ0n) is 16.4. The third-order valence-electron chi connectivity index (χ3n) is 4.47. The predicted molar refractivity (Wildman–Crippen MR) is 112 cm³/mol. The Hall–Kier alpha value is -3.67. The Morgan fingerprint density at radius 2 is 1.38 bits per heavy atom. The molecular weight excluding hydrogens is 368 g/mol. The zero-order valence-corrected chi connectivity index (χ0v) is 16.4. The van der Waals surface area contributed by atoms with Gasteiger partial charge in [0.25, 0.3) is 11.1 Å². The lowest BCUT2D eigenvalue weighted by molar-refractivity contribution is -0.141. The Bertz CT molecular complexity index is 1240. The third kappa shape index (κ3) is 4.79. The Balaban J connectivity index is 2.27. The monoisotopic (exact) mass is 390 g/mol. The number of carbonyl (C=O) groups is 1. The van der Waals surface area contributed by atoms with Crippen LogP contribution in [0.2, 0.25) is 0 Å². The van der Waals surface area contributed by atoms with Crippen LogP contribution in [0, 0.1) is 0 Å². The largest absolute Gasteiger partial charge is 0.464 e. The van der Waals surface area contributed by atoms with Crippen LogP contribution >= 0.6 is 0 Å². The fourth-order valence-corrected chi connectivity index (χ4v) is 3.00. The highest BCUT2D eigenvalue weighted by Gasteiger charge is 2.09. The highest BCUT2D eigenvalue weighted by atomic mass is 16.5. The molecule has 0 saturated carbocycles. The standard InChI is InChI=1S/C23H22N2O4/c1-17(26)29-14-13-25-21(16-19-11-7-4-8-12-19)22(27)24(2)20(23(25)28)15-18-9-5-3-6-10-18/h3-12,15-16H,13-14H2,1-2H3/b20-15-,21-16-. The minimum absolute atomic E-state index is 0.00279. The number of rotatable bonds is 5. The lowest BCUT2D eigenvalue weighted by Gasteiger charge is -2.10. The van der Waals surface area contributed by atoms with Gasteiger partial charge in [0.1, 0.15) is 17.3 Å². The van der Waals surface area contributed by atoms with Gasteiger partial charge >= 0.3 is 5.97 Å². The smallest absolute Gasteiger partial charge is 0.302 e. The molecule has 1 aromatic heterocycles. The second-order valence-electron chi connectivity index (χ2n) is 6.54. The Kier molecular flexibility index (Phi) is 6.24. The van der Waals surface area contributed by atoms with Crippen molar-refractivity contribution in [3.05, 3.63) is 103 Å². The Labute approximate surface area is 167 Å². The second kappa shape index (κ2) is 9.01. The van der Waals surface area contributed by atoms with Gasteiger partial charge in [-0.2, -0.15) is 0 Å². The molecule has 0 aliphatic rings. The average molecular weight is 390 g/mol. The van der Waals surface area contributed by atoms with Crippen LogP contribution in [0.5, 0.6) is 0 Å². The molecule has 0 aliphatic carbocycles. The van der Waals surface area contributed by atoms with E-state index in [1.807, 2.05) is 60.7 Å². The van der Waals surface area contributed by atoms with E-state index >= 15 is 0 Å². The number of benzene rings is 2. The van der Waals surface area contributed by atoms with Gasteiger partial charge in [0.2, 0.25) is 0 Å². The molecule has 0 unspecified atom stereocenters. The Morgan fingerprint density at radius 1 is 0.862 bits per heavy atom. The van der Waals surface area contributed by atoms with E-state index < -0.39 is 5.97 Å². The molecule has 148 valence electrons. The predicted octanol–water partition coefficient (Wildman–Crippen LogP) is 0.768. The van der Waals surface area contributed by atoms with Gasteiger partial charge in [0, 0.05) is 14.0 Å². The van der Waals surface area contributed by atoms with Gasteiger partial charge in [0.05, 0.1) is 6.54 Å². The molecule has 0 aliphatic heterocycles. The number of ether oxygens (including phenoxy) is 1. The van der Waals surface area contributed by atoms with Crippen molar-refractivity contribution in [1.82, 2.24) is 9.13 Å². The number of hydrogen-bond donors (Lipinski definition) is 0. The van der Waals surface area contributed by atoms with Crippen LogP contribution in [0.3, 0.4) is 0 Å². The highest BCUT2D eigenvalue weighted by Crippen LogP contribution is 1.98. The van der Waals surface area contributed by atoms with E-state index in [-0.39, 0.29) is 35.0 Å². The molecule has 1 heterocycles. The summed E-state index contributed by atoms with van der Waals surface area (Å²) in [6.07, 6.45) is 3.35. The van der Waals surface area contributed by atoms with E-state index in [0.29, 0.717) is 0 Å². The maximum absolute atomic E-state index is 13.2. The number of hydrogen-bond acceptors (Lipinski definition) is 4. The van der Waals surface area contributed by atoms with Crippen LogP contribution in [-0.2, 0) is 23.1 Å². The quantitative estimate of drug-likeness (QED) is 0.604. The van der Waals surface area contributed by atoms with Crippen molar-refractivity contribution < 1.29 is 9.53 Å². The fraction of sp³-hybridized carbons (Fsp3) is 0.174. The highest BCUT2D eigenvalue weighted by molar-refractivity contribution is 5.65. The molecule has 3 aromatic rings. The van der Waals surface area contributed by atoms with Gasteiger partial charge in [0.15, 0.2) is 0 Å². The second-order valence-corrected chi connectivity index (χ2v) is 6.54. The average Bonchev–Trinajstić information content (AvgIpc) is 2.73. The summed E-state index contributed by atoms with van der Waals surface area (Å²) in [5, 5.41) is 0.496. The first kappa shape index (κ1) is 20.1. The topological polar surface area (TPSA) is 70.3 Å². The van der Waals surface area contributed by atoms with Gasteiger partial charge in [-0.1, -0.05) is 60.7 Å². The molecule has 6 heteroatoms. The minimum atomic E-state index is -0.438. The van der Waals surface area contributed by atoms with Crippen molar-refractivity contribution in [3.63, 3.8) is 0 Å². The van der Waals surface area contributed by atoms with E-state index in [0.717, 1.165) is 11.1 Å². The van der Waals surface area contributed by atoms with Crippen LogP contribution in [0.25, 0.3) is 12.2 Å². The van der Waals surface area contributed by atoms with Crippen LogP contribution in [0.15, 0.2) is 70.3 Å². The van der Waals surface area contributed by atoms with Crippen LogP contribution in [0.1, 0.15) is 18.1 Å². The molecule has 2 aromatic carbocycles. The summed E-state index contributed by atoms with van der Waals surface area (Å²) in [7, 11) is 1.58. The van der Waals surface area contributed by atoms with Crippen LogP contribution < -0.4 is 21.8 Å². The van der Waals surface area contributed by atoms with E-state index in [4.69, 9.17) is 4.74 Å².